The normalized spacial score (nSPS) is 12.3. The average Bonchev–Trinajstić information content (AvgIpc) is 2.29. The number of esters is 1. The van der Waals surface area contributed by atoms with E-state index >= 15 is 0 Å². The van der Waals surface area contributed by atoms with Crippen molar-refractivity contribution in [2.75, 3.05) is 5.32 Å². The van der Waals surface area contributed by atoms with E-state index in [0.717, 1.165) is 18.5 Å². The highest BCUT2D eigenvalue weighted by Gasteiger charge is 2.09. The number of ether oxygens (including phenoxy) is 1. The third-order valence-electron chi connectivity index (χ3n) is 2.60. The zero-order chi connectivity index (χ0) is 13.5. The van der Waals surface area contributed by atoms with E-state index in [0.29, 0.717) is 11.6 Å². The number of benzene rings is 1. The second-order valence-corrected chi connectivity index (χ2v) is 4.87. The Labute approximate surface area is 110 Å². The molecule has 0 spiro atoms. The summed E-state index contributed by atoms with van der Waals surface area (Å²) in [6.45, 7) is 8.02. The Bertz CT molecular complexity index is 371. The van der Waals surface area contributed by atoms with Gasteiger partial charge in [0.2, 0.25) is 0 Å². The van der Waals surface area contributed by atoms with Gasteiger partial charge >= 0.3 is 5.97 Å². The molecule has 0 aromatic heterocycles. The predicted octanol–water partition coefficient (Wildman–Crippen LogP) is 3.85. The van der Waals surface area contributed by atoms with Gasteiger partial charge in [0.05, 0.1) is 11.7 Å². The minimum absolute atomic E-state index is 0.0834. The molecule has 0 heterocycles. The highest BCUT2D eigenvalue weighted by Crippen LogP contribution is 2.13. The number of carbonyl (C=O) groups is 1. The molecule has 0 fully saturated rings. The van der Waals surface area contributed by atoms with Crippen molar-refractivity contribution < 1.29 is 9.53 Å². The monoisotopic (exact) mass is 249 g/mol. The van der Waals surface area contributed by atoms with Crippen LogP contribution in [0.1, 0.15) is 50.9 Å². The van der Waals surface area contributed by atoms with Crippen molar-refractivity contribution >= 4 is 11.7 Å². The summed E-state index contributed by atoms with van der Waals surface area (Å²) in [5.41, 5.74) is 1.63. The van der Waals surface area contributed by atoms with E-state index < -0.39 is 0 Å². The molecule has 0 radical (unpaired) electrons. The highest BCUT2D eigenvalue weighted by atomic mass is 16.5. The summed E-state index contributed by atoms with van der Waals surface area (Å²) in [4.78, 5) is 11.6. The Kier molecular flexibility index (Phi) is 5.69. The Balaban J connectivity index is 2.59. The molecule has 1 rings (SSSR count). The molecule has 1 aromatic carbocycles. The molecule has 0 bridgehead atoms. The van der Waals surface area contributed by atoms with Crippen molar-refractivity contribution in [1.82, 2.24) is 0 Å². The van der Waals surface area contributed by atoms with Crippen molar-refractivity contribution in [3.8, 4) is 0 Å². The lowest BCUT2D eigenvalue weighted by atomic mass is 10.1. The van der Waals surface area contributed by atoms with E-state index in [2.05, 4.69) is 19.2 Å². The van der Waals surface area contributed by atoms with Crippen LogP contribution >= 0.6 is 0 Å². The number of anilines is 1. The zero-order valence-electron chi connectivity index (χ0n) is 11.7. The van der Waals surface area contributed by atoms with Gasteiger partial charge < -0.3 is 10.1 Å². The Hall–Kier alpha value is -1.51. The first-order valence-electron chi connectivity index (χ1n) is 6.60. The maximum atomic E-state index is 11.6. The summed E-state index contributed by atoms with van der Waals surface area (Å²) in [6, 6.07) is 7.88. The summed E-state index contributed by atoms with van der Waals surface area (Å²) in [6.07, 6.45) is 2.21. The smallest absolute Gasteiger partial charge is 0.338 e. The molecule has 0 aliphatic heterocycles. The highest BCUT2D eigenvalue weighted by molar-refractivity contribution is 5.89. The van der Waals surface area contributed by atoms with E-state index in [4.69, 9.17) is 4.74 Å². The lowest BCUT2D eigenvalue weighted by Gasteiger charge is -2.14. The molecule has 3 nitrogen and oxygen atoms in total. The molecular formula is C15H23NO2. The van der Waals surface area contributed by atoms with Crippen LogP contribution in [0.5, 0.6) is 0 Å². The van der Waals surface area contributed by atoms with Crippen molar-refractivity contribution in [3.63, 3.8) is 0 Å². The Morgan fingerprint density at radius 3 is 2.33 bits per heavy atom. The van der Waals surface area contributed by atoms with Gasteiger partial charge in [-0.1, -0.05) is 13.3 Å². The summed E-state index contributed by atoms with van der Waals surface area (Å²) < 4.78 is 5.14. The summed E-state index contributed by atoms with van der Waals surface area (Å²) in [7, 11) is 0. The van der Waals surface area contributed by atoms with Crippen LogP contribution in [0.3, 0.4) is 0 Å². The minimum Gasteiger partial charge on any atom is -0.459 e. The Morgan fingerprint density at radius 2 is 1.83 bits per heavy atom. The van der Waals surface area contributed by atoms with Crippen molar-refractivity contribution in [2.24, 2.45) is 0 Å². The maximum Gasteiger partial charge on any atom is 0.338 e. The van der Waals surface area contributed by atoms with Gasteiger partial charge in [0, 0.05) is 11.7 Å². The molecule has 18 heavy (non-hydrogen) atoms. The van der Waals surface area contributed by atoms with Crippen LogP contribution in [0.15, 0.2) is 24.3 Å². The van der Waals surface area contributed by atoms with Crippen LogP contribution in [-0.4, -0.2) is 18.1 Å². The molecule has 1 unspecified atom stereocenters. The molecule has 1 N–H and O–H groups in total. The molecule has 1 aromatic rings. The molecule has 0 amide bonds. The van der Waals surface area contributed by atoms with Gasteiger partial charge in [0.25, 0.3) is 0 Å². The average molecular weight is 249 g/mol. The summed E-state index contributed by atoms with van der Waals surface area (Å²) in [5, 5.41) is 3.40. The first-order valence-corrected chi connectivity index (χ1v) is 6.60. The second-order valence-electron chi connectivity index (χ2n) is 4.87. The quantitative estimate of drug-likeness (QED) is 0.778. The molecular weight excluding hydrogens is 226 g/mol. The molecule has 0 aliphatic carbocycles. The van der Waals surface area contributed by atoms with E-state index in [1.807, 2.05) is 26.0 Å². The van der Waals surface area contributed by atoms with E-state index in [1.54, 1.807) is 12.1 Å². The van der Waals surface area contributed by atoms with Crippen molar-refractivity contribution in [3.05, 3.63) is 29.8 Å². The van der Waals surface area contributed by atoms with Crippen molar-refractivity contribution in [1.29, 1.82) is 0 Å². The molecule has 0 aliphatic rings. The fourth-order valence-corrected chi connectivity index (χ4v) is 1.77. The maximum absolute atomic E-state index is 11.6. The standard InChI is InChI=1S/C15H23NO2/c1-5-6-12(4)16-14-9-7-13(8-10-14)15(17)18-11(2)3/h7-12,16H,5-6H2,1-4H3. The number of rotatable bonds is 6. The lowest BCUT2D eigenvalue weighted by molar-refractivity contribution is 0.0378. The van der Waals surface area contributed by atoms with Gasteiger partial charge in [0.1, 0.15) is 0 Å². The minimum atomic E-state index is -0.266. The third-order valence-corrected chi connectivity index (χ3v) is 2.60. The Morgan fingerprint density at radius 1 is 1.22 bits per heavy atom. The van der Waals surface area contributed by atoms with Gasteiger partial charge in [-0.25, -0.2) is 4.79 Å². The topological polar surface area (TPSA) is 38.3 Å². The summed E-state index contributed by atoms with van der Waals surface area (Å²) in [5.74, 6) is -0.266. The van der Waals surface area contributed by atoms with E-state index in [-0.39, 0.29) is 12.1 Å². The van der Waals surface area contributed by atoms with Crippen LogP contribution in [0.25, 0.3) is 0 Å². The number of hydrogen-bond acceptors (Lipinski definition) is 3. The first kappa shape index (κ1) is 14.6. The molecule has 100 valence electrons. The van der Waals surface area contributed by atoms with Gasteiger partial charge in [-0.05, 0) is 51.5 Å². The fourth-order valence-electron chi connectivity index (χ4n) is 1.77. The fraction of sp³-hybridized carbons (Fsp3) is 0.533. The van der Waals surface area contributed by atoms with Gasteiger partial charge in [-0.3, -0.25) is 0 Å². The SMILES string of the molecule is CCCC(C)Nc1ccc(C(=O)OC(C)C)cc1. The van der Waals surface area contributed by atoms with Crippen LogP contribution < -0.4 is 5.32 Å². The van der Waals surface area contributed by atoms with Gasteiger partial charge in [-0.15, -0.1) is 0 Å². The van der Waals surface area contributed by atoms with E-state index in [1.165, 1.54) is 0 Å². The molecule has 3 heteroatoms. The van der Waals surface area contributed by atoms with Gasteiger partial charge in [-0.2, -0.15) is 0 Å². The van der Waals surface area contributed by atoms with Crippen LogP contribution in [-0.2, 0) is 4.74 Å². The molecule has 0 saturated heterocycles. The molecule has 1 atom stereocenters. The second kappa shape index (κ2) is 7.04. The van der Waals surface area contributed by atoms with Crippen LogP contribution in [0.4, 0.5) is 5.69 Å². The largest absolute Gasteiger partial charge is 0.459 e. The number of nitrogens with one attached hydrogen (secondary N) is 1. The zero-order valence-corrected chi connectivity index (χ0v) is 11.7. The van der Waals surface area contributed by atoms with Gasteiger partial charge in [0.15, 0.2) is 0 Å². The first-order chi connectivity index (χ1) is 8.52. The van der Waals surface area contributed by atoms with Crippen LogP contribution in [0, 0.1) is 0 Å². The molecule has 0 saturated carbocycles. The number of carbonyl (C=O) groups excluding carboxylic acids is 1. The predicted molar refractivity (Wildman–Crippen MR) is 75.0 cm³/mol. The lowest BCUT2D eigenvalue weighted by Crippen LogP contribution is -2.15. The van der Waals surface area contributed by atoms with Crippen molar-refractivity contribution in [2.45, 2.75) is 52.7 Å². The third kappa shape index (κ3) is 4.78. The van der Waals surface area contributed by atoms with E-state index in [9.17, 15) is 4.79 Å². The summed E-state index contributed by atoms with van der Waals surface area (Å²) >= 11 is 0. The van der Waals surface area contributed by atoms with Crippen LogP contribution in [0.2, 0.25) is 0 Å². The number of hydrogen-bond donors (Lipinski definition) is 1.